The van der Waals surface area contributed by atoms with Gasteiger partial charge in [-0.2, -0.15) is 0 Å². The minimum atomic E-state index is -0.202. The van der Waals surface area contributed by atoms with E-state index in [1.54, 1.807) is 18.2 Å². The Morgan fingerprint density at radius 2 is 2.00 bits per heavy atom. The van der Waals surface area contributed by atoms with Crippen LogP contribution in [0.1, 0.15) is 19.3 Å². The first-order valence-corrected chi connectivity index (χ1v) is 7.33. The Hall–Kier alpha value is -0.970. The average Bonchev–Trinajstić information content (AvgIpc) is 2.82. The fraction of sp³-hybridized carbons (Fsp3) is 0.500. The molecule has 2 rings (SSSR count). The van der Waals surface area contributed by atoms with E-state index in [1.807, 2.05) is 0 Å². The van der Waals surface area contributed by atoms with Gasteiger partial charge < -0.3 is 15.2 Å². The van der Waals surface area contributed by atoms with Crippen LogP contribution in [0.4, 0.5) is 0 Å². The van der Waals surface area contributed by atoms with Crippen molar-refractivity contribution in [1.82, 2.24) is 5.32 Å². The van der Waals surface area contributed by atoms with Crippen molar-refractivity contribution in [2.75, 3.05) is 13.2 Å². The van der Waals surface area contributed by atoms with Gasteiger partial charge in [0.1, 0.15) is 5.75 Å². The maximum atomic E-state index is 11.8. The van der Waals surface area contributed by atoms with E-state index >= 15 is 0 Å². The third kappa shape index (κ3) is 4.27. The zero-order valence-corrected chi connectivity index (χ0v) is 12.5. The summed E-state index contributed by atoms with van der Waals surface area (Å²) < 4.78 is 5.37. The molecule has 110 valence electrons. The monoisotopic (exact) mass is 317 g/mol. The van der Waals surface area contributed by atoms with Crippen molar-refractivity contribution in [3.05, 3.63) is 28.2 Å². The Kier molecular flexibility index (Phi) is 5.52. The molecule has 0 radical (unpaired) electrons. The lowest BCUT2D eigenvalue weighted by atomic mass is 10.1. The van der Waals surface area contributed by atoms with Gasteiger partial charge in [0.05, 0.1) is 0 Å². The SMILES string of the molecule is O=C(COc1cc(Cl)cc(Cl)c1)N[C@@H]1CCC[C@H]1CO. The maximum Gasteiger partial charge on any atom is 0.258 e. The minimum absolute atomic E-state index is 0.0408. The lowest BCUT2D eigenvalue weighted by Crippen LogP contribution is -2.40. The van der Waals surface area contributed by atoms with Crippen LogP contribution in [0.5, 0.6) is 5.75 Å². The topological polar surface area (TPSA) is 58.6 Å². The van der Waals surface area contributed by atoms with E-state index < -0.39 is 0 Å². The normalized spacial score (nSPS) is 21.8. The molecule has 0 aliphatic heterocycles. The zero-order valence-electron chi connectivity index (χ0n) is 10.9. The number of halogens is 2. The van der Waals surface area contributed by atoms with Crippen molar-refractivity contribution in [3.8, 4) is 5.75 Å². The van der Waals surface area contributed by atoms with Crippen molar-refractivity contribution < 1.29 is 14.6 Å². The number of carbonyl (C=O) groups is 1. The van der Waals surface area contributed by atoms with E-state index in [1.165, 1.54) is 0 Å². The molecule has 1 amide bonds. The first-order chi connectivity index (χ1) is 9.58. The molecule has 20 heavy (non-hydrogen) atoms. The molecule has 1 aromatic carbocycles. The summed E-state index contributed by atoms with van der Waals surface area (Å²) in [6.45, 7) is 0.0149. The van der Waals surface area contributed by atoms with Crippen LogP contribution in [0.3, 0.4) is 0 Å². The van der Waals surface area contributed by atoms with Crippen molar-refractivity contribution in [3.63, 3.8) is 0 Å². The highest BCUT2D eigenvalue weighted by Crippen LogP contribution is 2.25. The first kappa shape index (κ1) is 15.4. The average molecular weight is 318 g/mol. The summed E-state index contributed by atoms with van der Waals surface area (Å²) in [6.07, 6.45) is 2.88. The van der Waals surface area contributed by atoms with Gasteiger partial charge in [0, 0.05) is 28.6 Å². The molecule has 1 aliphatic carbocycles. The van der Waals surface area contributed by atoms with Crippen molar-refractivity contribution in [2.45, 2.75) is 25.3 Å². The molecular formula is C14H17Cl2NO3. The van der Waals surface area contributed by atoms with Crippen LogP contribution in [-0.2, 0) is 4.79 Å². The molecule has 1 aromatic rings. The molecule has 4 nitrogen and oxygen atoms in total. The summed E-state index contributed by atoms with van der Waals surface area (Å²) in [5.41, 5.74) is 0. The van der Waals surface area contributed by atoms with E-state index in [0.717, 1.165) is 19.3 Å². The number of amides is 1. The third-order valence-electron chi connectivity index (χ3n) is 3.45. The molecule has 0 saturated heterocycles. The number of carbonyl (C=O) groups excluding carboxylic acids is 1. The zero-order chi connectivity index (χ0) is 14.5. The summed E-state index contributed by atoms with van der Waals surface area (Å²) in [4.78, 5) is 11.8. The van der Waals surface area contributed by atoms with E-state index in [2.05, 4.69) is 5.32 Å². The standard InChI is InChI=1S/C14H17Cl2NO3/c15-10-4-11(16)6-12(5-10)20-8-14(19)17-13-3-1-2-9(13)7-18/h4-6,9,13,18H,1-3,7-8H2,(H,17,19)/t9-,13+/m0/s1. The molecule has 0 heterocycles. The predicted molar refractivity (Wildman–Crippen MR) is 78.3 cm³/mol. The molecule has 0 spiro atoms. The van der Waals surface area contributed by atoms with Gasteiger partial charge >= 0.3 is 0 Å². The Bertz CT molecular complexity index is 461. The van der Waals surface area contributed by atoms with Crippen LogP contribution in [0.2, 0.25) is 10.0 Å². The van der Waals surface area contributed by atoms with Crippen LogP contribution in [0.25, 0.3) is 0 Å². The fourth-order valence-electron chi connectivity index (χ4n) is 2.45. The summed E-state index contributed by atoms with van der Waals surface area (Å²) in [6, 6.07) is 4.85. The number of benzene rings is 1. The summed E-state index contributed by atoms with van der Waals surface area (Å²) in [5, 5.41) is 13.0. The number of hydrogen-bond donors (Lipinski definition) is 2. The molecule has 0 bridgehead atoms. The van der Waals surface area contributed by atoms with Gasteiger partial charge in [-0.15, -0.1) is 0 Å². The molecule has 1 aliphatic rings. The second-order valence-corrected chi connectivity index (χ2v) is 5.81. The highest BCUT2D eigenvalue weighted by atomic mass is 35.5. The van der Waals surface area contributed by atoms with Crippen LogP contribution in [0, 0.1) is 5.92 Å². The Balaban J connectivity index is 1.83. The van der Waals surface area contributed by atoms with E-state index in [-0.39, 0.29) is 31.1 Å². The van der Waals surface area contributed by atoms with Crippen molar-refractivity contribution in [2.24, 2.45) is 5.92 Å². The number of rotatable bonds is 5. The number of nitrogens with one attached hydrogen (secondary N) is 1. The summed E-state index contributed by atoms with van der Waals surface area (Å²) in [7, 11) is 0. The number of aliphatic hydroxyl groups is 1. The molecule has 2 N–H and O–H groups in total. The van der Waals surface area contributed by atoms with Crippen LogP contribution in [-0.4, -0.2) is 30.3 Å². The molecule has 6 heteroatoms. The number of ether oxygens (including phenoxy) is 1. The van der Waals surface area contributed by atoms with E-state index in [9.17, 15) is 9.90 Å². The Morgan fingerprint density at radius 1 is 1.30 bits per heavy atom. The van der Waals surface area contributed by atoms with Gasteiger partial charge in [-0.1, -0.05) is 29.6 Å². The molecule has 0 aromatic heterocycles. The third-order valence-corrected chi connectivity index (χ3v) is 3.88. The molecule has 0 unspecified atom stereocenters. The van der Waals surface area contributed by atoms with E-state index in [4.69, 9.17) is 27.9 Å². The summed E-state index contributed by atoms with van der Waals surface area (Å²) >= 11 is 11.7. The van der Waals surface area contributed by atoms with Crippen LogP contribution >= 0.6 is 23.2 Å². The van der Waals surface area contributed by atoms with Gasteiger partial charge in [0.2, 0.25) is 0 Å². The summed E-state index contributed by atoms with van der Waals surface area (Å²) in [5.74, 6) is 0.411. The van der Waals surface area contributed by atoms with Gasteiger partial charge in [0.15, 0.2) is 6.61 Å². The van der Waals surface area contributed by atoms with Crippen molar-refractivity contribution >= 4 is 29.1 Å². The van der Waals surface area contributed by atoms with Gasteiger partial charge in [-0.25, -0.2) is 0 Å². The van der Waals surface area contributed by atoms with E-state index in [0.29, 0.717) is 15.8 Å². The second-order valence-electron chi connectivity index (χ2n) is 4.94. The second kappa shape index (κ2) is 7.16. The maximum absolute atomic E-state index is 11.8. The highest BCUT2D eigenvalue weighted by molar-refractivity contribution is 6.34. The molecule has 2 atom stereocenters. The lowest BCUT2D eigenvalue weighted by Gasteiger charge is -2.19. The Morgan fingerprint density at radius 3 is 2.65 bits per heavy atom. The van der Waals surface area contributed by atoms with Crippen LogP contribution < -0.4 is 10.1 Å². The van der Waals surface area contributed by atoms with Gasteiger partial charge in [0.25, 0.3) is 5.91 Å². The van der Waals surface area contributed by atoms with Gasteiger partial charge in [-0.05, 0) is 31.0 Å². The predicted octanol–water partition coefficient (Wildman–Crippen LogP) is 2.65. The molecular weight excluding hydrogens is 301 g/mol. The number of hydrogen-bond acceptors (Lipinski definition) is 3. The Labute approximate surface area is 128 Å². The smallest absolute Gasteiger partial charge is 0.258 e. The minimum Gasteiger partial charge on any atom is -0.484 e. The number of aliphatic hydroxyl groups excluding tert-OH is 1. The lowest BCUT2D eigenvalue weighted by molar-refractivity contribution is -0.124. The molecule has 1 fully saturated rings. The largest absolute Gasteiger partial charge is 0.484 e. The van der Waals surface area contributed by atoms with Crippen LogP contribution in [0.15, 0.2) is 18.2 Å². The van der Waals surface area contributed by atoms with Gasteiger partial charge in [-0.3, -0.25) is 4.79 Å². The highest BCUT2D eigenvalue weighted by Gasteiger charge is 2.27. The quantitative estimate of drug-likeness (QED) is 0.877. The molecule has 1 saturated carbocycles. The first-order valence-electron chi connectivity index (χ1n) is 6.57. The van der Waals surface area contributed by atoms with Crippen molar-refractivity contribution in [1.29, 1.82) is 0 Å². The fourth-order valence-corrected chi connectivity index (χ4v) is 2.96.